The minimum atomic E-state index is -3.36. The van der Waals surface area contributed by atoms with Crippen LogP contribution in [0.1, 0.15) is 10.4 Å². The topological polar surface area (TPSA) is 85.4 Å². The fourth-order valence-electron chi connectivity index (χ4n) is 2.21. The molecule has 1 heterocycles. The number of nitrogens with one attached hydrogen (secondary N) is 1. The summed E-state index contributed by atoms with van der Waals surface area (Å²) in [6.45, 7) is -3.05. The van der Waals surface area contributed by atoms with Crippen LogP contribution in [0.5, 0.6) is 5.75 Å². The molecule has 1 N–H and O–H groups in total. The summed E-state index contributed by atoms with van der Waals surface area (Å²) in [7, 11) is -3.36. The summed E-state index contributed by atoms with van der Waals surface area (Å²) in [6, 6.07) is 10.0. The lowest BCUT2D eigenvalue weighted by Gasteiger charge is -2.09. The molecule has 2 aromatic carbocycles. The molecule has 0 spiro atoms. The molecule has 1 amide bonds. The normalized spacial score (nSPS) is 11.7. The number of para-hydroxylation sites is 1. The number of alkyl halides is 2. The van der Waals surface area contributed by atoms with Gasteiger partial charge in [-0.1, -0.05) is 23.5 Å². The van der Waals surface area contributed by atoms with Crippen molar-refractivity contribution in [3.63, 3.8) is 0 Å². The molecule has 3 aromatic rings. The summed E-state index contributed by atoms with van der Waals surface area (Å²) in [4.78, 5) is 16.7. The number of hydrogen-bond donors (Lipinski definition) is 1. The Kier molecular flexibility index (Phi) is 4.88. The van der Waals surface area contributed by atoms with Crippen LogP contribution in [0.2, 0.25) is 0 Å². The van der Waals surface area contributed by atoms with E-state index < -0.39 is 22.4 Å². The van der Waals surface area contributed by atoms with Gasteiger partial charge >= 0.3 is 6.61 Å². The van der Waals surface area contributed by atoms with Gasteiger partial charge in [-0.3, -0.25) is 10.1 Å². The van der Waals surface area contributed by atoms with Crippen molar-refractivity contribution in [1.29, 1.82) is 0 Å². The van der Waals surface area contributed by atoms with E-state index in [2.05, 4.69) is 15.0 Å². The van der Waals surface area contributed by atoms with Gasteiger partial charge in [0.25, 0.3) is 5.91 Å². The van der Waals surface area contributed by atoms with Gasteiger partial charge in [0.15, 0.2) is 15.0 Å². The number of anilines is 1. The van der Waals surface area contributed by atoms with Crippen LogP contribution in [-0.4, -0.2) is 32.2 Å². The van der Waals surface area contributed by atoms with Crippen molar-refractivity contribution in [2.24, 2.45) is 0 Å². The first kappa shape index (κ1) is 18.2. The zero-order valence-corrected chi connectivity index (χ0v) is 14.9. The van der Waals surface area contributed by atoms with Crippen LogP contribution < -0.4 is 10.1 Å². The average molecular weight is 398 g/mol. The second kappa shape index (κ2) is 6.96. The van der Waals surface area contributed by atoms with E-state index in [-0.39, 0.29) is 21.3 Å². The largest absolute Gasteiger partial charge is 0.434 e. The molecule has 26 heavy (non-hydrogen) atoms. The first-order chi connectivity index (χ1) is 12.2. The quantitative estimate of drug-likeness (QED) is 0.710. The standard InChI is InChI=1S/C16H12F2N2O4S2/c1-26(22,23)9-6-7-11-13(8-9)25-16(19-11)20-14(21)10-4-2-3-5-12(10)24-15(17)18/h2-8,15H,1H3,(H,19,20,21). The molecule has 0 aliphatic rings. The van der Waals surface area contributed by atoms with Gasteiger partial charge in [-0.25, -0.2) is 13.4 Å². The molecule has 0 atom stereocenters. The second-order valence-corrected chi connectivity index (χ2v) is 8.30. The van der Waals surface area contributed by atoms with Crippen LogP contribution in [-0.2, 0) is 9.84 Å². The number of benzene rings is 2. The average Bonchev–Trinajstić information content (AvgIpc) is 2.95. The summed E-state index contributed by atoms with van der Waals surface area (Å²) < 4.78 is 53.0. The van der Waals surface area contributed by atoms with E-state index >= 15 is 0 Å². The number of aromatic nitrogens is 1. The van der Waals surface area contributed by atoms with Crippen LogP contribution >= 0.6 is 11.3 Å². The molecule has 0 saturated carbocycles. The molecular weight excluding hydrogens is 386 g/mol. The van der Waals surface area contributed by atoms with Crippen LogP contribution in [0.25, 0.3) is 10.2 Å². The Hall–Kier alpha value is -2.59. The summed E-state index contributed by atoms with van der Waals surface area (Å²) in [5.41, 5.74) is 0.443. The highest BCUT2D eigenvalue weighted by molar-refractivity contribution is 7.90. The molecule has 0 bridgehead atoms. The molecule has 0 unspecified atom stereocenters. The van der Waals surface area contributed by atoms with Crippen molar-refractivity contribution in [2.75, 3.05) is 11.6 Å². The van der Waals surface area contributed by atoms with Gasteiger partial charge in [0, 0.05) is 6.26 Å². The smallest absolute Gasteiger partial charge is 0.387 e. The Morgan fingerprint density at radius 1 is 1.23 bits per heavy atom. The highest BCUT2D eigenvalue weighted by Crippen LogP contribution is 2.29. The molecule has 1 aromatic heterocycles. The number of halogens is 2. The highest BCUT2D eigenvalue weighted by Gasteiger charge is 2.17. The predicted octanol–water partition coefficient (Wildman–Crippen LogP) is 3.55. The molecule has 3 rings (SSSR count). The van der Waals surface area contributed by atoms with E-state index in [1.165, 1.54) is 42.5 Å². The Labute approximate surface area is 151 Å². The Morgan fingerprint density at radius 2 is 1.96 bits per heavy atom. The predicted molar refractivity (Wildman–Crippen MR) is 93.8 cm³/mol. The van der Waals surface area contributed by atoms with Gasteiger partial charge in [-0.05, 0) is 30.3 Å². The lowest BCUT2D eigenvalue weighted by molar-refractivity contribution is -0.0501. The van der Waals surface area contributed by atoms with Crippen LogP contribution in [0, 0.1) is 0 Å². The number of hydrogen-bond acceptors (Lipinski definition) is 6. The molecule has 0 saturated heterocycles. The number of rotatable bonds is 5. The molecule has 0 aliphatic carbocycles. The van der Waals surface area contributed by atoms with Crippen molar-refractivity contribution in [1.82, 2.24) is 4.98 Å². The van der Waals surface area contributed by atoms with Gasteiger partial charge in [-0.15, -0.1) is 0 Å². The number of thiazole rings is 1. The molecular formula is C16H12F2N2O4S2. The van der Waals surface area contributed by atoms with E-state index in [1.807, 2.05) is 0 Å². The Bertz CT molecular complexity index is 1080. The molecule has 0 aliphatic heterocycles. The van der Waals surface area contributed by atoms with Crippen LogP contribution in [0.4, 0.5) is 13.9 Å². The lowest BCUT2D eigenvalue weighted by Crippen LogP contribution is -2.14. The van der Waals surface area contributed by atoms with E-state index in [4.69, 9.17) is 0 Å². The maximum atomic E-state index is 12.5. The van der Waals surface area contributed by atoms with Crippen molar-refractivity contribution in [3.05, 3.63) is 48.0 Å². The van der Waals surface area contributed by atoms with Gasteiger partial charge in [0.05, 0.1) is 20.7 Å². The van der Waals surface area contributed by atoms with Gasteiger partial charge < -0.3 is 4.74 Å². The van der Waals surface area contributed by atoms with Gasteiger partial charge in [0.2, 0.25) is 0 Å². The van der Waals surface area contributed by atoms with Crippen LogP contribution in [0.3, 0.4) is 0 Å². The summed E-state index contributed by atoms with van der Waals surface area (Å²) in [5.74, 6) is -0.913. The zero-order chi connectivity index (χ0) is 18.9. The summed E-state index contributed by atoms with van der Waals surface area (Å²) in [6.07, 6.45) is 1.10. The van der Waals surface area contributed by atoms with E-state index in [1.54, 1.807) is 0 Å². The molecule has 136 valence electrons. The second-order valence-electron chi connectivity index (χ2n) is 5.25. The molecule has 6 nitrogen and oxygen atoms in total. The van der Waals surface area contributed by atoms with E-state index in [9.17, 15) is 22.0 Å². The lowest BCUT2D eigenvalue weighted by atomic mass is 10.2. The fraction of sp³-hybridized carbons (Fsp3) is 0.125. The number of amides is 1. The van der Waals surface area contributed by atoms with Gasteiger partial charge in [-0.2, -0.15) is 8.78 Å². The fourth-order valence-corrected chi connectivity index (χ4v) is 3.83. The number of sulfone groups is 1. The zero-order valence-electron chi connectivity index (χ0n) is 13.3. The SMILES string of the molecule is CS(=O)(=O)c1ccc2nc(NC(=O)c3ccccc3OC(F)F)sc2c1. The third kappa shape index (κ3) is 3.97. The minimum absolute atomic E-state index is 0.0659. The number of fused-ring (bicyclic) bond motifs is 1. The third-order valence-corrected chi connectivity index (χ3v) is 5.40. The van der Waals surface area contributed by atoms with Crippen molar-refractivity contribution in [3.8, 4) is 5.75 Å². The maximum absolute atomic E-state index is 12.5. The van der Waals surface area contributed by atoms with Crippen molar-refractivity contribution in [2.45, 2.75) is 11.5 Å². The molecule has 0 radical (unpaired) electrons. The third-order valence-electron chi connectivity index (χ3n) is 3.36. The van der Waals surface area contributed by atoms with Crippen molar-refractivity contribution >= 4 is 42.4 Å². The minimum Gasteiger partial charge on any atom is -0.434 e. The Morgan fingerprint density at radius 3 is 2.65 bits per heavy atom. The van der Waals surface area contributed by atoms with Crippen LogP contribution in [0.15, 0.2) is 47.4 Å². The number of nitrogens with zero attached hydrogens (tertiary/aromatic N) is 1. The summed E-state index contributed by atoms with van der Waals surface area (Å²) in [5, 5.41) is 2.72. The van der Waals surface area contributed by atoms with E-state index in [0.717, 1.165) is 17.6 Å². The highest BCUT2D eigenvalue weighted by atomic mass is 32.2. The molecule has 10 heteroatoms. The maximum Gasteiger partial charge on any atom is 0.387 e. The number of ether oxygens (including phenoxy) is 1. The summed E-state index contributed by atoms with van der Waals surface area (Å²) >= 11 is 1.07. The monoisotopic (exact) mass is 398 g/mol. The first-order valence-electron chi connectivity index (χ1n) is 7.20. The first-order valence-corrected chi connectivity index (χ1v) is 9.90. The van der Waals surface area contributed by atoms with Crippen molar-refractivity contribution < 1.29 is 26.7 Å². The Balaban J connectivity index is 1.88. The van der Waals surface area contributed by atoms with Gasteiger partial charge in [0.1, 0.15) is 5.75 Å². The van der Waals surface area contributed by atoms with E-state index in [0.29, 0.717) is 10.2 Å². The molecule has 0 fully saturated rings. The number of carbonyl (C=O) groups excluding carboxylic acids is 1. The number of carbonyl (C=O) groups is 1.